The maximum absolute atomic E-state index is 14.3. The van der Waals surface area contributed by atoms with Gasteiger partial charge in [0.15, 0.2) is 0 Å². The van der Waals surface area contributed by atoms with Gasteiger partial charge in [0.25, 0.3) is 0 Å². The Bertz CT molecular complexity index is 1030. The minimum absolute atomic E-state index is 0.0468. The summed E-state index contributed by atoms with van der Waals surface area (Å²) in [6.45, 7) is 7.46. The van der Waals surface area contributed by atoms with Crippen molar-refractivity contribution in [3.8, 4) is 0 Å². The molecule has 1 unspecified atom stereocenters. The topological polar surface area (TPSA) is 85.4 Å². The Balaban J connectivity index is 1.86. The van der Waals surface area contributed by atoms with Crippen molar-refractivity contribution in [2.24, 2.45) is 0 Å². The van der Waals surface area contributed by atoms with E-state index in [4.69, 9.17) is 4.74 Å². The van der Waals surface area contributed by atoms with Crippen LogP contribution in [-0.2, 0) is 9.53 Å². The molecule has 0 aliphatic carbocycles. The Hall–Kier alpha value is -3.59. The van der Waals surface area contributed by atoms with Crippen LogP contribution in [0.15, 0.2) is 60.7 Å². The standard InChI is InChI=1S/C33H49N5O4/c1-4-6-14-22-35(23-15-7-5-2)32(40)36-24-25-37(30(27-36)31(39)34-21-16-26-42-3)33(41)38(28-17-10-8-11-18-28)29-19-12-9-13-20-29/h8-13,17-20,30H,4-7,14-16,21-27H2,1-3H3,(H,34,39). The van der Waals surface area contributed by atoms with Gasteiger partial charge in [-0.3, -0.25) is 9.69 Å². The van der Waals surface area contributed by atoms with E-state index in [2.05, 4.69) is 19.2 Å². The second-order valence-corrected chi connectivity index (χ2v) is 10.8. The normalized spacial score (nSPS) is 14.9. The van der Waals surface area contributed by atoms with Crippen LogP contribution in [0.3, 0.4) is 0 Å². The van der Waals surface area contributed by atoms with E-state index in [1.807, 2.05) is 65.6 Å². The first kappa shape index (κ1) is 32.9. The number of unbranched alkanes of at least 4 members (excludes halogenated alkanes) is 4. The Kier molecular flexibility index (Phi) is 14.2. The van der Waals surface area contributed by atoms with Crippen LogP contribution in [0.4, 0.5) is 21.0 Å². The summed E-state index contributed by atoms with van der Waals surface area (Å²) in [5.74, 6) is -0.262. The molecule has 1 saturated heterocycles. The summed E-state index contributed by atoms with van der Waals surface area (Å²) < 4.78 is 5.13. The SMILES string of the molecule is CCCCCN(CCCCC)C(=O)N1CCN(C(=O)N(c2ccccc2)c2ccccc2)C(C(=O)NCCCOC)C1. The molecule has 0 aromatic heterocycles. The molecule has 0 radical (unpaired) electrons. The Morgan fingerprint density at radius 2 is 1.38 bits per heavy atom. The molecule has 9 heteroatoms. The highest BCUT2D eigenvalue weighted by Gasteiger charge is 2.40. The van der Waals surface area contributed by atoms with E-state index in [1.165, 1.54) is 0 Å². The fourth-order valence-electron chi connectivity index (χ4n) is 5.22. The lowest BCUT2D eigenvalue weighted by molar-refractivity contribution is -0.127. The molecule has 0 bridgehead atoms. The van der Waals surface area contributed by atoms with Gasteiger partial charge in [0.1, 0.15) is 6.04 Å². The maximum Gasteiger partial charge on any atom is 0.329 e. The molecule has 9 nitrogen and oxygen atoms in total. The Morgan fingerprint density at radius 3 is 1.90 bits per heavy atom. The first-order valence-electron chi connectivity index (χ1n) is 15.5. The van der Waals surface area contributed by atoms with Crippen molar-refractivity contribution in [1.29, 1.82) is 0 Å². The van der Waals surface area contributed by atoms with Crippen LogP contribution in [-0.4, -0.2) is 91.7 Å². The maximum atomic E-state index is 14.3. The molecule has 1 aliphatic heterocycles. The average molecular weight is 580 g/mol. The molecule has 1 heterocycles. The van der Waals surface area contributed by atoms with Gasteiger partial charge in [-0.1, -0.05) is 75.9 Å². The number of amides is 5. The van der Waals surface area contributed by atoms with Crippen molar-refractivity contribution < 1.29 is 19.1 Å². The molecule has 230 valence electrons. The van der Waals surface area contributed by atoms with E-state index < -0.39 is 6.04 Å². The molecule has 3 rings (SSSR count). The molecule has 2 aromatic carbocycles. The third-order valence-electron chi connectivity index (χ3n) is 7.58. The van der Waals surface area contributed by atoms with Gasteiger partial charge in [-0.15, -0.1) is 0 Å². The summed E-state index contributed by atoms with van der Waals surface area (Å²) in [7, 11) is 1.63. The van der Waals surface area contributed by atoms with Gasteiger partial charge in [-0.2, -0.15) is 0 Å². The van der Waals surface area contributed by atoms with Gasteiger partial charge in [0, 0.05) is 46.4 Å². The highest BCUT2D eigenvalue weighted by Crippen LogP contribution is 2.28. The molecule has 42 heavy (non-hydrogen) atoms. The number of piperazine rings is 1. The van der Waals surface area contributed by atoms with Gasteiger partial charge < -0.3 is 24.8 Å². The number of ether oxygens (including phenoxy) is 1. The van der Waals surface area contributed by atoms with E-state index in [0.29, 0.717) is 50.6 Å². The number of rotatable bonds is 15. The summed E-state index contributed by atoms with van der Waals surface area (Å²) in [6, 6.07) is 17.8. The molecule has 1 atom stereocenters. The minimum Gasteiger partial charge on any atom is -0.385 e. The predicted molar refractivity (Wildman–Crippen MR) is 168 cm³/mol. The zero-order chi connectivity index (χ0) is 30.2. The van der Waals surface area contributed by atoms with E-state index in [1.54, 1.807) is 21.8 Å². The zero-order valence-electron chi connectivity index (χ0n) is 25.7. The third-order valence-corrected chi connectivity index (χ3v) is 7.58. The van der Waals surface area contributed by atoms with Crippen LogP contribution in [0.1, 0.15) is 58.8 Å². The molecule has 1 aliphatic rings. The lowest BCUT2D eigenvalue weighted by atomic mass is 10.1. The van der Waals surface area contributed by atoms with Crippen LogP contribution in [0.25, 0.3) is 0 Å². The highest BCUT2D eigenvalue weighted by atomic mass is 16.5. The van der Waals surface area contributed by atoms with Gasteiger partial charge in [0.05, 0.1) is 17.9 Å². The number of anilines is 2. The minimum atomic E-state index is -0.819. The number of para-hydroxylation sites is 2. The first-order chi connectivity index (χ1) is 20.5. The van der Waals surface area contributed by atoms with Gasteiger partial charge in [0.2, 0.25) is 5.91 Å². The Morgan fingerprint density at radius 1 is 0.810 bits per heavy atom. The number of methoxy groups -OCH3 is 1. The number of benzene rings is 2. The second-order valence-electron chi connectivity index (χ2n) is 10.8. The number of urea groups is 2. The smallest absolute Gasteiger partial charge is 0.329 e. The fraction of sp³-hybridized carbons (Fsp3) is 0.545. The fourth-order valence-corrected chi connectivity index (χ4v) is 5.22. The monoisotopic (exact) mass is 579 g/mol. The van der Waals surface area contributed by atoms with E-state index >= 15 is 0 Å². The lowest BCUT2D eigenvalue weighted by Gasteiger charge is -2.43. The molecule has 1 fully saturated rings. The number of carbonyl (C=O) groups is 3. The molecular weight excluding hydrogens is 530 g/mol. The molecule has 0 saturated carbocycles. The number of nitrogens with zero attached hydrogens (tertiary/aromatic N) is 4. The van der Waals surface area contributed by atoms with Crippen molar-refractivity contribution in [3.63, 3.8) is 0 Å². The summed E-state index contributed by atoms with van der Waals surface area (Å²) in [4.78, 5) is 48.7. The van der Waals surface area contributed by atoms with Gasteiger partial charge >= 0.3 is 12.1 Å². The summed E-state index contributed by atoms with van der Waals surface area (Å²) in [5.41, 5.74) is 1.42. The van der Waals surface area contributed by atoms with E-state index in [-0.39, 0.29) is 31.1 Å². The van der Waals surface area contributed by atoms with E-state index in [9.17, 15) is 14.4 Å². The van der Waals surface area contributed by atoms with Crippen LogP contribution < -0.4 is 10.2 Å². The van der Waals surface area contributed by atoms with E-state index in [0.717, 1.165) is 38.5 Å². The first-order valence-corrected chi connectivity index (χ1v) is 15.5. The predicted octanol–water partition coefficient (Wildman–Crippen LogP) is 5.89. The molecular formula is C33H49N5O4. The number of hydrogen-bond acceptors (Lipinski definition) is 4. The van der Waals surface area contributed by atoms with Gasteiger partial charge in [-0.05, 0) is 43.5 Å². The second kappa shape index (κ2) is 18.1. The average Bonchev–Trinajstić information content (AvgIpc) is 3.03. The van der Waals surface area contributed by atoms with Crippen LogP contribution in [0, 0.1) is 0 Å². The number of hydrogen-bond donors (Lipinski definition) is 1. The third kappa shape index (κ3) is 9.48. The summed E-state index contributed by atoms with van der Waals surface area (Å²) in [5, 5.41) is 2.98. The quantitative estimate of drug-likeness (QED) is 0.267. The van der Waals surface area contributed by atoms with Crippen LogP contribution in [0.5, 0.6) is 0 Å². The zero-order valence-corrected chi connectivity index (χ0v) is 25.7. The molecule has 1 N–H and O–H groups in total. The summed E-state index contributed by atoms with van der Waals surface area (Å²) >= 11 is 0. The lowest BCUT2D eigenvalue weighted by Crippen LogP contribution is -2.64. The largest absolute Gasteiger partial charge is 0.385 e. The van der Waals surface area contributed by atoms with Crippen molar-refractivity contribution in [1.82, 2.24) is 20.0 Å². The van der Waals surface area contributed by atoms with Crippen LogP contribution >= 0.6 is 0 Å². The van der Waals surface area contributed by atoms with Crippen molar-refractivity contribution >= 4 is 29.3 Å². The van der Waals surface area contributed by atoms with Gasteiger partial charge in [-0.25, -0.2) is 9.59 Å². The molecule has 5 amide bonds. The summed E-state index contributed by atoms with van der Waals surface area (Å²) in [6.07, 6.45) is 6.89. The van der Waals surface area contributed by atoms with Crippen LogP contribution in [0.2, 0.25) is 0 Å². The van der Waals surface area contributed by atoms with Crippen molar-refractivity contribution in [3.05, 3.63) is 60.7 Å². The van der Waals surface area contributed by atoms with Crippen molar-refractivity contribution in [2.45, 2.75) is 64.8 Å². The Labute approximate surface area is 251 Å². The molecule has 2 aromatic rings. The van der Waals surface area contributed by atoms with Crippen molar-refractivity contribution in [2.75, 3.05) is 57.9 Å². The molecule has 0 spiro atoms. The number of nitrogens with one attached hydrogen (secondary N) is 1. The number of carbonyl (C=O) groups excluding carboxylic acids is 3. The highest BCUT2D eigenvalue weighted by molar-refractivity contribution is 6.01.